The minimum atomic E-state index is -1.12. The van der Waals surface area contributed by atoms with E-state index in [1.807, 2.05) is 12.1 Å². The maximum absolute atomic E-state index is 13.7. The van der Waals surface area contributed by atoms with Crippen molar-refractivity contribution in [3.05, 3.63) is 94.3 Å². The van der Waals surface area contributed by atoms with Crippen molar-refractivity contribution in [1.29, 1.82) is 5.26 Å². The van der Waals surface area contributed by atoms with Gasteiger partial charge < -0.3 is 19.8 Å². The van der Waals surface area contributed by atoms with Crippen LogP contribution in [0.25, 0.3) is 0 Å². The van der Waals surface area contributed by atoms with Crippen LogP contribution in [0.3, 0.4) is 0 Å². The lowest BCUT2D eigenvalue weighted by molar-refractivity contribution is 0.0103. The van der Waals surface area contributed by atoms with E-state index >= 15 is 0 Å². The van der Waals surface area contributed by atoms with Gasteiger partial charge in [0.2, 0.25) is 0 Å². The number of benzene rings is 3. The topological polar surface area (TPSA) is 80.0 Å². The fraction of sp³-hybridized carbons (Fsp3) is 0.321. The first-order valence-corrected chi connectivity index (χ1v) is 12.2. The predicted octanol–water partition coefficient (Wildman–Crippen LogP) is 4.49. The molecule has 0 amide bonds. The molecule has 0 saturated carbocycles. The standard InChI is InChI=1S/C28H29ClFN3O3/c1-28(35,22-6-2-20(17-31)3-7-22)19-32-12-13-33(27(18-32)21-4-8-23(30)9-5-21)26-11-10-24(16-25(26)29)36-15-14-34/h2-11,16,27,34-35H,12-15,18-19H2,1H3/t27-,28+/m0/s1. The summed E-state index contributed by atoms with van der Waals surface area (Å²) in [7, 11) is 0. The Balaban J connectivity index is 1.58. The van der Waals surface area contributed by atoms with E-state index in [1.54, 1.807) is 49.4 Å². The largest absolute Gasteiger partial charge is 0.491 e. The highest BCUT2D eigenvalue weighted by Gasteiger charge is 2.34. The Morgan fingerprint density at radius 2 is 1.83 bits per heavy atom. The summed E-state index contributed by atoms with van der Waals surface area (Å²) in [5, 5.41) is 29.9. The Morgan fingerprint density at radius 1 is 1.11 bits per heavy atom. The van der Waals surface area contributed by atoms with E-state index in [2.05, 4.69) is 15.9 Å². The average Bonchev–Trinajstić information content (AvgIpc) is 2.88. The van der Waals surface area contributed by atoms with Crippen LogP contribution in [0.2, 0.25) is 5.02 Å². The van der Waals surface area contributed by atoms with Gasteiger partial charge in [0.05, 0.1) is 40.6 Å². The third kappa shape index (κ3) is 5.97. The van der Waals surface area contributed by atoms with Crippen LogP contribution in [-0.2, 0) is 5.60 Å². The first-order valence-electron chi connectivity index (χ1n) is 11.8. The van der Waals surface area contributed by atoms with Gasteiger partial charge in [0.25, 0.3) is 0 Å². The van der Waals surface area contributed by atoms with Crippen LogP contribution in [0.5, 0.6) is 5.75 Å². The van der Waals surface area contributed by atoms with Crippen LogP contribution in [0.1, 0.15) is 29.7 Å². The number of aliphatic hydroxyl groups excluding tert-OH is 1. The molecule has 1 heterocycles. The van der Waals surface area contributed by atoms with Gasteiger partial charge in [-0.25, -0.2) is 4.39 Å². The highest BCUT2D eigenvalue weighted by Crippen LogP contribution is 2.38. The number of aliphatic hydroxyl groups is 2. The molecule has 1 fully saturated rings. The molecule has 0 spiro atoms. The zero-order chi connectivity index (χ0) is 25.7. The summed E-state index contributed by atoms with van der Waals surface area (Å²) in [6, 6.07) is 20.9. The molecule has 1 aliphatic rings. The van der Waals surface area contributed by atoms with Crippen molar-refractivity contribution in [1.82, 2.24) is 4.90 Å². The van der Waals surface area contributed by atoms with Gasteiger partial charge in [-0.3, -0.25) is 4.90 Å². The zero-order valence-electron chi connectivity index (χ0n) is 20.1. The van der Waals surface area contributed by atoms with Crippen molar-refractivity contribution in [3.63, 3.8) is 0 Å². The summed E-state index contributed by atoms with van der Waals surface area (Å²) in [6.07, 6.45) is 0. The van der Waals surface area contributed by atoms with Gasteiger partial charge >= 0.3 is 0 Å². The Hall–Kier alpha value is -3.15. The quantitative estimate of drug-likeness (QED) is 0.465. The van der Waals surface area contributed by atoms with Crippen molar-refractivity contribution >= 4 is 17.3 Å². The number of hydrogen-bond donors (Lipinski definition) is 2. The molecule has 3 aromatic carbocycles. The number of halogens is 2. The van der Waals surface area contributed by atoms with E-state index in [0.29, 0.717) is 42.5 Å². The first-order chi connectivity index (χ1) is 17.3. The molecule has 0 bridgehead atoms. The van der Waals surface area contributed by atoms with Crippen LogP contribution < -0.4 is 9.64 Å². The zero-order valence-corrected chi connectivity index (χ0v) is 20.8. The molecule has 3 aromatic rings. The summed E-state index contributed by atoms with van der Waals surface area (Å²) in [6.45, 7) is 4.19. The molecular weight excluding hydrogens is 481 g/mol. The van der Waals surface area contributed by atoms with Gasteiger partial charge in [-0.05, 0) is 54.4 Å². The highest BCUT2D eigenvalue weighted by atomic mass is 35.5. The second-order valence-corrected chi connectivity index (χ2v) is 9.55. The number of nitrogens with zero attached hydrogens (tertiary/aromatic N) is 3. The Labute approximate surface area is 215 Å². The van der Waals surface area contributed by atoms with Crippen LogP contribution in [-0.4, -0.2) is 54.5 Å². The van der Waals surface area contributed by atoms with E-state index < -0.39 is 5.60 Å². The van der Waals surface area contributed by atoms with Crippen molar-refractivity contribution in [2.24, 2.45) is 0 Å². The summed E-state index contributed by atoms with van der Waals surface area (Å²) in [5.41, 5.74) is 1.94. The number of hydrogen-bond acceptors (Lipinski definition) is 6. The molecule has 1 aliphatic heterocycles. The second-order valence-electron chi connectivity index (χ2n) is 9.14. The molecule has 0 aromatic heterocycles. The molecule has 6 nitrogen and oxygen atoms in total. The third-order valence-corrected chi connectivity index (χ3v) is 6.78. The van der Waals surface area contributed by atoms with Gasteiger partial charge in [0.15, 0.2) is 0 Å². The maximum atomic E-state index is 13.7. The predicted molar refractivity (Wildman–Crippen MR) is 138 cm³/mol. The Kier molecular flexibility index (Phi) is 8.12. The summed E-state index contributed by atoms with van der Waals surface area (Å²) in [5.74, 6) is 0.276. The van der Waals surface area contributed by atoms with E-state index in [9.17, 15) is 9.50 Å². The van der Waals surface area contributed by atoms with E-state index in [1.165, 1.54) is 12.1 Å². The molecule has 0 unspecified atom stereocenters. The number of nitriles is 1. The molecule has 4 rings (SSSR count). The molecule has 0 aliphatic carbocycles. The molecule has 1 saturated heterocycles. The molecule has 188 valence electrons. The molecule has 2 atom stereocenters. The normalized spacial score (nSPS) is 17.9. The summed E-state index contributed by atoms with van der Waals surface area (Å²) >= 11 is 6.65. The Morgan fingerprint density at radius 3 is 2.47 bits per heavy atom. The Bertz CT molecular complexity index is 1210. The van der Waals surface area contributed by atoms with Crippen LogP contribution in [0.15, 0.2) is 66.7 Å². The van der Waals surface area contributed by atoms with Crippen LogP contribution >= 0.6 is 11.6 Å². The molecule has 36 heavy (non-hydrogen) atoms. The molecule has 2 N–H and O–H groups in total. The monoisotopic (exact) mass is 509 g/mol. The summed E-state index contributed by atoms with van der Waals surface area (Å²) < 4.78 is 19.2. The van der Waals surface area contributed by atoms with Gasteiger partial charge in [0, 0.05) is 32.2 Å². The minimum absolute atomic E-state index is 0.0831. The smallest absolute Gasteiger partial charge is 0.123 e. The number of rotatable bonds is 8. The number of anilines is 1. The first kappa shape index (κ1) is 25.9. The van der Waals surface area contributed by atoms with Gasteiger partial charge in [-0.15, -0.1) is 0 Å². The van der Waals surface area contributed by atoms with Crippen molar-refractivity contribution in [3.8, 4) is 11.8 Å². The van der Waals surface area contributed by atoms with E-state index in [4.69, 9.17) is 26.7 Å². The number of ether oxygens (including phenoxy) is 1. The summed E-state index contributed by atoms with van der Waals surface area (Å²) in [4.78, 5) is 4.38. The van der Waals surface area contributed by atoms with E-state index in [0.717, 1.165) is 16.8 Å². The second kappa shape index (κ2) is 11.3. The highest BCUT2D eigenvalue weighted by molar-refractivity contribution is 6.33. The van der Waals surface area contributed by atoms with E-state index in [-0.39, 0.29) is 25.1 Å². The fourth-order valence-corrected chi connectivity index (χ4v) is 4.93. The fourth-order valence-electron chi connectivity index (χ4n) is 4.65. The van der Waals surface area contributed by atoms with Crippen molar-refractivity contribution in [2.75, 3.05) is 44.3 Å². The lowest BCUT2D eigenvalue weighted by Gasteiger charge is -2.45. The minimum Gasteiger partial charge on any atom is -0.491 e. The van der Waals surface area contributed by atoms with Crippen LogP contribution in [0, 0.1) is 17.1 Å². The molecule has 0 radical (unpaired) electrons. The molecular formula is C28H29ClFN3O3. The maximum Gasteiger partial charge on any atom is 0.123 e. The lowest BCUT2D eigenvalue weighted by Crippen LogP contribution is -2.52. The SMILES string of the molecule is C[C@@](O)(CN1CCN(c2ccc(OCCO)cc2Cl)[C@H](c2ccc(F)cc2)C1)c1ccc(C#N)cc1. The number of piperazine rings is 1. The third-order valence-electron chi connectivity index (χ3n) is 6.48. The van der Waals surface area contributed by atoms with Crippen molar-refractivity contribution in [2.45, 2.75) is 18.6 Å². The lowest BCUT2D eigenvalue weighted by atomic mass is 9.93. The van der Waals surface area contributed by atoms with Crippen LogP contribution in [0.4, 0.5) is 10.1 Å². The van der Waals surface area contributed by atoms with Gasteiger partial charge in [-0.2, -0.15) is 5.26 Å². The molecule has 8 heteroatoms. The number of β-amino-alcohol motifs (C(OH)–C–C–N with tert-alkyl or cyclic N) is 1. The van der Waals surface area contributed by atoms with Crippen molar-refractivity contribution < 1.29 is 19.3 Å². The average molecular weight is 510 g/mol. The van der Waals surface area contributed by atoms with Gasteiger partial charge in [0.1, 0.15) is 18.2 Å². The van der Waals surface area contributed by atoms with Gasteiger partial charge in [-0.1, -0.05) is 35.9 Å².